The number of carbonyl (C=O) groups is 1. The molecule has 0 aliphatic carbocycles. The van der Waals surface area contributed by atoms with Crippen LogP contribution in [0, 0.1) is 6.92 Å². The van der Waals surface area contributed by atoms with E-state index in [2.05, 4.69) is 29.3 Å². The van der Waals surface area contributed by atoms with Crippen LogP contribution in [-0.4, -0.2) is 44.9 Å². The summed E-state index contributed by atoms with van der Waals surface area (Å²) < 4.78 is 5.03. The van der Waals surface area contributed by atoms with Crippen molar-refractivity contribution in [2.75, 3.05) is 42.5 Å². The van der Waals surface area contributed by atoms with E-state index in [1.165, 1.54) is 5.69 Å². The molecule has 2 aliphatic heterocycles. The minimum atomic E-state index is -0.310. The van der Waals surface area contributed by atoms with Crippen LogP contribution in [0.3, 0.4) is 0 Å². The maximum Gasteiger partial charge on any atom is 0.411 e. The van der Waals surface area contributed by atoms with Gasteiger partial charge in [-0.3, -0.25) is 4.90 Å². The molecule has 2 fully saturated rings. The molecule has 1 amide bonds. The summed E-state index contributed by atoms with van der Waals surface area (Å²) in [5, 5.41) is 3.33. The molecule has 0 unspecified atom stereocenters. The molecule has 0 saturated carbocycles. The van der Waals surface area contributed by atoms with E-state index in [4.69, 9.17) is 4.74 Å². The number of ether oxygens (including phenoxy) is 1. The molecule has 2 heterocycles. The van der Waals surface area contributed by atoms with Gasteiger partial charge in [-0.05, 0) is 30.4 Å². The van der Waals surface area contributed by atoms with Crippen LogP contribution < -0.4 is 15.1 Å². The third-order valence-corrected chi connectivity index (χ3v) is 3.52. The summed E-state index contributed by atoms with van der Waals surface area (Å²) >= 11 is 0. The maximum atomic E-state index is 11.6. The van der Waals surface area contributed by atoms with E-state index in [1.807, 2.05) is 12.1 Å². The van der Waals surface area contributed by atoms with E-state index in [1.54, 1.807) is 4.90 Å². The van der Waals surface area contributed by atoms with E-state index in [0.717, 1.165) is 31.9 Å². The number of carbonyl (C=O) groups excluding carboxylic acids is 1. The van der Waals surface area contributed by atoms with E-state index >= 15 is 0 Å². The Morgan fingerprint density at radius 1 is 1.15 bits per heavy atom. The van der Waals surface area contributed by atoms with Crippen molar-refractivity contribution in [2.45, 2.75) is 6.10 Å². The van der Waals surface area contributed by atoms with Gasteiger partial charge in [-0.25, -0.2) is 4.79 Å². The van der Waals surface area contributed by atoms with Gasteiger partial charge in [-0.15, -0.1) is 0 Å². The predicted molar refractivity (Wildman–Crippen MR) is 74.5 cm³/mol. The average Bonchev–Trinajstić information content (AvgIpc) is 2.79. The Bertz CT molecular complexity index is 460. The van der Waals surface area contributed by atoms with Gasteiger partial charge in [0.05, 0.1) is 0 Å². The van der Waals surface area contributed by atoms with Gasteiger partial charge in [0.1, 0.15) is 0 Å². The smallest absolute Gasteiger partial charge is 0.411 e. The Labute approximate surface area is 133 Å². The Kier molecular flexibility index (Phi) is 5.05. The molecule has 2 saturated heterocycles. The zero-order valence-corrected chi connectivity index (χ0v) is 14.2. The van der Waals surface area contributed by atoms with Gasteiger partial charge in [-0.1, -0.05) is 0 Å². The number of amides is 1. The minimum absolute atomic E-state index is 0. The Hall–Kier alpha value is -1.06. The fraction of sp³-hybridized carbons (Fsp3) is 0.429. The molecule has 1 aromatic rings. The number of cyclic esters (lactones) is 1. The second-order valence-electron chi connectivity index (χ2n) is 4.87. The molecule has 1 aromatic carbocycles. The summed E-state index contributed by atoms with van der Waals surface area (Å²) in [4.78, 5) is 15.6. The monoisotopic (exact) mass is 444 g/mol. The fourth-order valence-electron chi connectivity index (χ4n) is 2.50. The quantitative estimate of drug-likeness (QED) is 0.699. The Balaban J connectivity index is 0.00000147. The van der Waals surface area contributed by atoms with Crippen LogP contribution in [0.25, 0.3) is 0 Å². The van der Waals surface area contributed by atoms with Crippen molar-refractivity contribution < 1.29 is 30.6 Å². The number of hydrogen-bond acceptors (Lipinski definition) is 4. The maximum absolute atomic E-state index is 11.6. The summed E-state index contributed by atoms with van der Waals surface area (Å²) in [6, 6.07) is 8.06. The number of rotatable bonds is 2. The molecule has 6 heteroatoms. The molecular formula is C14H18N3O2W-. The van der Waals surface area contributed by atoms with Crippen LogP contribution in [0.1, 0.15) is 0 Å². The first kappa shape index (κ1) is 15.3. The fourth-order valence-corrected chi connectivity index (χ4v) is 2.50. The van der Waals surface area contributed by atoms with Crippen molar-refractivity contribution >= 4 is 17.5 Å². The molecule has 108 valence electrons. The number of nitrogens with zero attached hydrogens (tertiary/aromatic N) is 2. The van der Waals surface area contributed by atoms with Crippen molar-refractivity contribution in [3.8, 4) is 0 Å². The summed E-state index contributed by atoms with van der Waals surface area (Å²) in [5.74, 6) is 0. The molecule has 1 N–H and O–H groups in total. The second kappa shape index (κ2) is 6.59. The average molecular weight is 444 g/mol. The van der Waals surface area contributed by atoms with Gasteiger partial charge in [0.2, 0.25) is 0 Å². The molecule has 3 rings (SSSR count). The van der Waals surface area contributed by atoms with Crippen molar-refractivity contribution in [3.63, 3.8) is 0 Å². The number of hydrogen-bond donors (Lipinski definition) is 1. The second-order valence-corrected chi connectivity index (χ2v) is 4.87. The van der Waals surface area contributed by atoms with Gasteiger partial charge in [0.25, 0.3) is 0 Å². The number of piperazine rings is 1. The van der Waals surface area contributed by atoms with Crippen LogP contribution >= 0.6 is 0 Å². The van der Waals surface area contributed by atoms with Crippen LogP contribution in [-0.2, 0) is 25.8 Å². The normalized spacial score (nSPS) is 22.4. The van der Waals surface area contributed by atoms with Crippen molar-refractivity contribution in [1.82, 2.24) is 5.32 Å². The van der Waals surface area contributed by atoms with E-state index in [0.29, 0.717) is 6.54 Å². The SMILES string of the molecule is [CH2-][C@H]1CN(c2ccc(N3CCNCC3)cc2)C(=O)O1.[W]. The summed E-state index contributed by atoms with van der Waals surface area (Å²) in [7, 11) is 0. The standard InChI is InChI=1S/C14H18N3O2.W/c1-11-10-17(14(18)19-11)13-4-2-12(3-5-13)16-8-6-15-7-9-16;/h2-5,11,15H,1,6-10H2;/q-1;/t11-;/m0./s1. The Morgan fingerprint density at radius 3 is 2.30 bits per heavy atom. The molecule has 0 bridgehead atoms. The number of nitrogens with one attached hydrogen (secondary N) is 1. The van der Waals surface area contributed by atoms with Crippen molar-refractivity contribution in [3.05, 3.63) is 31.2 Å². The number of anilines is 2. The number of benzene rings is 1. The topological polar surface area (TPSA) is 44.8 Å². The third-order valence-electron chi connectivity index (χ3n) is 3.52. The first-order valence-corrected chi connectivity index (χ1v) is 6.61. The molecule has 0 aromatic heterocycles. The summed E-state index contributed by atoms with van der Waals surface area (Å²) in [6.45, 7) is 8.35. The zero-order valence-electron chi connectivity index (χ0n) is 11.2. The van der Waals surface area contributed by atoms with Gasteiger partial charge in [0, 0.05) is 65.2 Å². The van der Waals surface area contributed by atoms with Crippen LogP contribution in [0.4, 0.5) is 16.2 Å². The first-order valence-electron chi connectivity index (χ1n) is 6.61. The zero-order chi connectivity index (χ0) is 13.2. The van der Waals surface area contributed by atoms with E-state index < -0.39 is 0 Å². The van der Waals surface area contributed by atoms with Crippen LogP contribution in [0.5, 0.6) is 0 Å². The summed E-state index contributed by atoms with van der Waals surface area (Å²) in [5.41, 5.74) is 2.07. The van der Waals surface area contributed by atoms with Crippen LogP contribution in [0.15, 0.2) is 24.3 Å². The predicted octanol–water partition coefficient (Wildman–Crippen LogP) is 1.25. The van der Waals surface area contributed by atoms with E-state index in [9.17, 15) is 4.79 Å². The molecule has 5 nitrogen and oxygen atoms in total. The van der Waals surface area contributed by atoms with Crippen molar-refractivity contribution in [1.29, 1.82) is 0 Å². The summed E-state index contributed by atoms with van der Waals surface area (Å²) in [6.07, 6.45) is -0.588. The van der Waals surface area contributed by atoms with Crippen LogP contribution in [0.2, 0.25) is 0 Å². The largest absolute Gasteiger partial charge is 0.477 e. The molecule has 0 radical (unpaired) electrons. The minimum Gasteiger partial charge on any atom is -0.477 e. The molecule has 1 atom stereocenters. The Morgan fingerprint density at radius 2 is 1.75 bits per heavy atom. The molecule has 2 aliphatic rings. The van der Waals surface area contributed by atoms with Gasteiger partial charge in [-0.2, -0.15) is 0 Å². The van der Waals surface area contributed by atoms with Gasteiger partial charge < -0.3 is 21.9 Å². The van der Waals surface area contributed by atoms with E-state index in [-0.39, 0.29) is 33.3 Å². The van der Waals surface area contributed by atoms with Gasteiger partial charge in [0.15, 0.2) is 0 Å². The third kappa shape index (κ3) is 3.15. The molecular weight excluding hydrogens is 426 g/mol. The molecule has 0 spiro atoms. The van der Waals surface area contributed by atoms with Crippen molar-refractivity contribution in [2.24, 2.45) is 0 Å². The first-order chi connectivity index (χ1) is 9.24. The van der Waals surface area contributed by atoms with Gasteiger partial charge >= 0.3 is 6.09 Å². The molecule has 20 heavy (non-hydrogen) atoms.